The van der Waals surface area contributed by atoms with E-state index in [1.807, 2.05) is 54.6 Å². The third-order valence-electron chi connectivity index (χ3n) is 2.74. The van der Waals surface area contributed by atoms with Gasteiger partial charge < -0.3 is 4.74 Å². The minimum Gasteiger partial charge on any atom is -0.496 e. The molecule has 0 atom stereocenters. The van der Waals surface area contributed by atoms with Gasteiger partial charge in [0.25, 0.3) is 0 Å². The molecule has 0 radical (unpaired) electrons. The van der Waals surface area contributed by atoms with Gasteiger partial charge in [-0.3, -0.25) is 4.79 Å². The smallest absolute Gasteiger partial charge is 0.244 e. The molecule has 20 heavy (non-hydrogen) atoms. The number of ether oxygens (including phenoxy) is 1. The first-order chi connectivity index (χ1) is 9.79. The van der Waals surface area contributed by atoms with Crippen LogP contribution in [0.4, 0.5) is 0 Å². The lowest BCUT2D eigenvalue weighted by atomic mass is 10.1. The minimum atomic E-state index is -0.151. The SMILES string of the molecule is COc1ccccc1C=NNC(=O)Cc1ccccc1. The molecular formula is C16H16N2O2. The summed E-state index contributed by atoms with van der Waals surface area (Å²) in [6, 6.07) is 17.0. The summed E-state index contributed by atoms with van der Waals surface area (Å²) in [7, 11) is 1.60. The monoisotopic (exact) mass is 268 g/mol. The van der Waals surface area contributed by atoms with Crippen molar-refractivity contribution in [3.63, 3.8) is 0 Å². The second kappa shape index (κ2) is 7.09. The zero-order valence-electron chi connectivity index (χ0n) is 11.2. The van der Waals surface area contributed by atoms with Crippen molar-refractivity contribution in [3.05, 3.63) is 65.7 Å². The summed E-state index contributed by atoms with van der Waals surface area (Å²) in [5.41, 5.74) is 4.28. The van der Waals surface area contributed by atoms with Crippen molar-refractivity contribution < 1.29 is 9.53 Å². The van der Waals surface area contributed by atoms with Crippen molar-refractivity contribution in [2.75, 3.05) is 7.11 Å². The van der Waals surface area contributed by atoms with Gasteiger partial charge in [-0.1, -0.05) is 42.5 Å². The number of hydrazone groups is 1. The lowest BCUT2D eigenvalue weighted by Gasteiger charge is -2.03. The quantitative estimate of drug-likeness (QED) is 0.668. The summed E-state index contributed by atoms with van der Waals surface area (Å²) in [6.45, 7) is 0. The number of rotatable bonds is 5. The van der Waals surface area contributed by atoms with Crippen LogP contribution in [0.3, 0.4) is 0 Å². The third-order valence-corrected chi connectivity index (χ3v) is 2.74. The molecule has 1 N–H and O–H groups in total. The molecule has 0 unspecified atom stereocenters. The predicted octanol–water partition coefficient (Wildman–Crippen LogP) is 2.39. The molecule has 0 aliphatic heterocycles. The molecule has 0 aliphatic carbocycles. The van der Waals surface area contributed by atoms with E-state index >= 15 is 0 Å². The zero-order chi connectivity index (χ0) is 14.2. The number of nitrogens with zero attached hydrogens (tertiary/aromatic N) is 1. The first-order valence-electron chi connectivity index (χ1n) is 6.28. The van der Waals surface area contributed by atoms with E-state index in [1.54, 1.807) is 13.3 Å². The Kier molecular flexibility index (Phi) is 4.89. The normalized spacial score (nSPS) is 10.4. The Morgan fingerprint density at radius 1 is 1.15 bits per heavy atom. The molecule has 4 heteroatoms. The van der Waals surface area contributed by atoms with Crippen molar-refractivity contribution >= 4 is 12.1 Å². The van der Waals surface area contributed by atoms with Crippen LogP contribution in [0.2, 0.25) is 0 Å². The van der Waals surface area contributed by atoms with E-state index in [0.717, 1.165) is 11.1 Å². The van der Waals surface area contributed by atoms with Gasteiger partial charge in [-0.05, 0) is 17.7 Å². The molecule has 2 aromatic rings. The van der Waals surface area contributed by atoms with Crippen LogP contribution in [0.25, 0.3) is 0 Å². The number of hydrogen-bond donors (Lipinski definition) is 1. The lowest BCUT2D eigenvalue weighted by molar-refractivity contribution is -0.120. The predicted molar refractivity (Wildman–Crippen MR) is 78.9 cm³/mol. The summed E-state index contributed by atoms with van der Waals surface area (Å²) >= 11 is 0. The Bertz CT molecular complexity index is 594. The Balaban J connectivity index is 1.91. The van der Waals surface area contributed by atoms with Gasteiger partial charge in [0.05, 0.1) is 19.7 Å². The minimum absolute atomic E-state index is 0.151. The molecule has 0 heterocycles. The van der Waals surface area contributed by atoms with Crippen molar-refractivity contribution in [2.24, 2.45) is 5.10 Å². The number of para-hydroxylation sites is 1. The van der Waals surface area contributed by atoms with Crippen molar-refractivity contribution in [3.8, 4) is 5.75 Å². The van der Waals surface area contributed by atoms with E-state index in [9.17, 15) is 4.79 Å². The Morgan fingerprint density at radius 2 is 1.85 bits per heavy atom. The highest BCUT2D eigenvalue weighted by Crippen LogP contribution is 2.14. The van der Waals surface area contributed by atoms with Crippen molar-refractivity contribution in [1.29, 1.82) is 0 Å². The van der Waals surface area contributed by atoms with E-state index < -0.39 is 0 Å². The average molecular weight is 268 g/mol. The Labute approximate surface area is 118 Å². The van der Waals surface area contributed by atoms with Crippen molar-refractivity contribution in [2.45, 2.75) is 6.42 Å². The standard InChI is InChI=1S/C16H16N2O2/c1-20-15-10-6-5-9-14(15)12-17-18-16(19)11-13-7-3-2-4-8-13/h2-10,12H,11H2,1H3,(H,18,19). The van der Waals surface area contributed by atoms with Crippen LogP contribution in [0.1, 0.15) is 11.1 Å². The van der Waals surface area contributed by atoms with Crippen LogP contribution >= 0.6 is 0 Å². The molecule has 0 saturated heterocycles. The highest BCUT2D eigenvalue weighted by atomic mass is 16.5. The fourth-order valence-electron chi connectivity index (χ4n) is 1.77. The number of hydrogen-bond acceptors (Lipinski definition) is 3. The molecule has 0 aliphatic rings. The number of carbonyl (C=O) groups is 1. The van der Waals surface area contributed by atoms with Gasteiger partial charge in [0.1, 0.15) is 5.75 Å². The topological polar surface area (TPSA) is 50.7 Å². The summed E-state index contributed by atoms with van der Waals surface area (Å²) in [5, 5.41) is 3.94. The molecule has 0 fully saturated rings. The second-order valence-electron chi connectivity index (χ2n) is 4.20. The largest absolute Gasteiger partial charge is 0.496 e. The molecule has 0 saturated carbocycles. The Morgan fingerprint density at radius 3 is 2.60 bits per heavy atom. The zero-order valence-corrected chi connectivity index (χ0v) is 11.2. The van der Waals surface area contributed by atoms with Gasteiger partial charge >= 0.3 is 0 Å². The molecular weight excluding hydrogens is 252 g/mol. The van der Waals surface area contributed by atoms with Gasteiger partial charge in [-0.15, -0.1) is 0 Å². The van der Waals surface area contributed by atoms with Crippen LogP contribution in [0.5, 0.6) is 5.75 Å². The van der Waals surface area contributed by atoms with E-state index in [0.29, 0.717) is 12.2 Å². The maximum Gasteiger partial charge on any atom is 0.244 e. The molecule has 4 nitrogen and oxygen atoms in total. The highest BCUT2D eigenvalue weighted by Gasteiger charge is 2.01. The maximum absolute atomic E-state index is 11.7. The van der Waals surface area contributed by atoms with E-state index in [-0.39, 0.29) is 5.91 Å². The van der Waals surface area contributed by atoms with E-state index in [2.05, 4.69) is 10.5 Å². The average Bonchev–Trinajstić information content (AvgIpc) is 2.49. The van der Waals surface area contributed by atoms with Gasteiger partial charge in [0.15, 0.2) is 0 Å². The fraction of sp³-hybridized carbons (Fsp3) is 0.125. The number of carbonyl (C=O) groups excluding carboxylic acids is 1. The first-order valence-corrected chi connectivity index (χ1v) is 6.28. The molecule has 1 amide bonds. The number of nitrogens with one attached hydrogen (secondary N) is 1. The molecule has 102 valence electrons. The van der Waals surface area contributed by atoms with Crippen LogP contribution in [-0.2, 0) is 11.2 Å². The van der Waals surface area contributed by atoms with Gasteiger partial charge in [-0.25, -0.2) is 5.43 Å². The number of benzene rings is 2. The van der Waals surface area contributed by atoms with E-state index in [1.165, 1.54) is 0 Å². The number of methoxy groups -OCH3 is 1. The summed E-state index contributed by atoms with van der Waals surface area (Å²) in [4.78, 5) is 11.7. The maximum atomic E-state index is 11.7. The van der Waals surface area contributed by atoms with E-state index in [4.69, 9.17) is 4.74 Å². The van der Waals surface area contributed by atoms with Crippen LogP contribution < -0.4 is 10.2 Å². The lowest BCUT2D eigenvalue weighted by Crippen LogP contribution is -2.19. The summed E-state index contributed by atoms with van der Waals surface area (Å²) in [6.07, 6.45) is 1.88. The number of amides is 1. The Hall–Kier alpha value is -2.62. The van der Waals surface area contributed by atoms with Gasteiger partial charge in [-0.2, -0.15) is 5.10 Å². The molecule has 0 aromatic heterocycles. The second-order valence-corrected chi connectivity index (χ2v) is 4.20. The summed E-state index contributed by atoms with van der Waals surface area (Å²) < 4.78 is 5.19. The molecule has 2 aromatic carbocycles. The molecule has 0 spiro atoms. The van der Waals surface area contributed by atoms with Crippen LogP contribution in [0, 0.1) is 0 Å². The van der Waals surface area contributed by atoms with Gasteiger partial charge in [0.2, 0.25) is 5.91 Å². The van der Waals surface area contributed by atoms with Gasteiger partial charge in [0, 0.05) is 5.56 Å². The van der Waals surface area contributed by atoms with Crippen LogP contribution in [0.15, 0.2) is 59.7 Å². The van der Waals surface area contributed by atoms with Crippen LogP contribution in [-0.4, -0.2) is 19.2 Å². The molecule has 0 bridgehead atoms. The first kappa shape index (κ1) is 13.8. The fourth-order valence-corrected chi connectivity index (χ4v) is 1.77. The highest BCUT2D eigenvalue weighted by molar-refractivity contribution is 5.85. The summed E-state index contributed by atoms with van der Waals surface area (Å²) in [5.74, 6) is 0.566. The van der Waals surface area contributed by atoms with Crippen molar-refractivity contribution in [1.82, 2.24) is 5.43 Å². The molecule has 2 rings (SSSR count). The third kappa shape index (κ3) is 3.95.